The molecular weight excluding hydrogens is 306 g/mol. The second kappa shape index (κ2) is 8.40. The maximum Gasteiger partial charge on any atom is 0.338 e. The Bertz CT molecular complexity index is 640. The van der Waals surface area contributed by atoms with Crippen molar-refractivity contribution in [2.45, 2.75) is 19.3 Å². The maximum absolute atomic E-state index is 12.1. The topological polar surface area (TPSA) is 73.3 Å². The van der Waals surface area contributed by atoms with Crippen molar-refractivity contribution in [2.24, 2.45) is 5.92 Å². The maximum atomic E-state index is 12.1. The van der Waals surface area contributed by atoms with E-state index in [0.717, 1.165) is 38.2 Å². The van der Waals surface area contributed by atoms with E-state index >= 15 is 0 Å². The molecule has 1 fully saturated rings. The predicted octanol–water partition coefficient (Wildman–Crippen LogP) is 3.19. The molecular formula is C18H21N3O3. The highest BCUT2D eigenvalue weighted by atomic mass is 16.5. The summed E-state index contributed by atoms with van der Waals surface area (Å²) in [5.41, 5.74) is 1.36. The standard InChI is InChI=1S/C18H21N3O3/c22-17(24-13-8-14-6-11-23-12-7-14)15-2-4-16(5-3-15)21-18-19-9-1-10-20-18/h1-5,9-10,14H,6-8,11-13H2,(H,19,20,21). The zero-order valence-electron chi connectivity index (χ0n) is 13.5. The van der Waals surface area contributed by atoms with Gasteiger partial charge in [0.1, 0.15) is 0 Å². The third-order valence-electron chi connectivity index (χ3n) is 4.04. The van der Waals surface area contributed by atoms with Crippen molar-refractivity contribution in [1.82, 2.24) is 9.97 Å². The monoisotopic (exact) mass is 327 g/mol. The van der Waals surface area contributed by atoms with Crippen LogP contribution in [0.2, 0.25) is 0 Å². The minimum Gasteiger partial charge on any atom is -0.462 e. The van der Waals surface area contributed by atoms with Crippen molar-refractivity contribution < 1.29 is 14.3 Å². The van der Waals surface area contributed by atoms with Gasteiger partial charge in [-0.05, 0) is 55.5 Å². The van der Waals surface area contributed by atoms with Crippen LogP contribution in [0.1, 0.15) is 29.6 Å². The molecule has 6 heteroatoms. The minimum atomic E-state index is -0.287. The lowest BCUT2D eigenvalue weighted by Crippen LogP contribution is -2.18. The van der Waals surface area contributed by atoms with Gasteiger partial charge in [-0.25, -0.2) is 14.8 Å². The average molecular weight is 327 g/mol. The quantitative estimate of drug-likeness (QED) is 0.821. The predicted molar refractivity (Wildman–Crippen MR) is 90.2 cm³/mol. The van der Waals surface area contributed by atoms with E-state index in [1.54, 1.807) is 30.6 Å². The van der Waals surface area contributed by atoms with Gasteiger partial charge in [0.25, 0.3) is 0 Å². The van der Waals surface area contributed by atoms with Crippen molar-refractivity contribution in [3.8, 4) is 0 Å². The summed E-state index contributed by atoms with van der Waals surface area (Å²) in [5, 5.41) is 3.07. The van der Waals surface area contributed by atoms with Crippen molar-refractivity contribution in [1.29, 1.82) is 0 Å². The summed E-state index contributed by atoms with van der Waals surface area (Å²) in [6.45, 7) is 2.10. The van der Waals surface area contributed by atoms with Crippen molar-refractivity contribution >= 4 is 17.6 Å². The molecule has 0 radical (unpaired) electrons. The highest BCUT2D eigenvalue weighted by Gasteiger charge is 2.15. The molecule has 6 nitrogen and oxygen atoms in total. The minimum absolute atomic E-state index is 0.287. The molecule has 1 N–H and O–H groups in total. The second-order valence-electron chi connectivity index (χ2n) is 5.76. The van der Waals surface area contributed by atoms with Gasteiger partial charge >= 0.3 is 5.97 Å². The van der Waals surface area contributed by atoms with E-state index in [1.165, 1.54) is 0 Å². The lowest BCUT2D eigenvalue weighted by Gasteiger charge is -2.21. The molecule has 0 bridgehead atoms. The Hall–Kier alpha value is -2.47. The molecule has 2 heterocycles. The number of carbonyl (C=O) groups excluding carboxylic acids is 1. The lowest BCUT2D eigenvalue weighted by atomic mass is 9.97. The summed E-state index contributed by atoms with van der Waals surface area (Å²) < 4.78 is 10.7. The van der Waals surface area contributed by atoms with Gasteiger partial charge in [0.15, 0.2) is 0 Å². The fourth-order valence-electron chi connectivity index (χ4n) is 2.62. The van der Waals surface area contributed by atoms with Crippen molar-refractivity contribution in [2.75, 3.05) is 25.1 Å². The Balaban J connectivity index is 1.46. The summed E-state index contributed by atoms with van der Waals surface area (Å²) in [6.07, 6.45) is 6.35. The van der Waals surface area contributed by atoms with Gasteiger partial charge in [0, 0.05) is 31.3 Å². The van der Waals surface area contributed by atoms with Gasteiger partial charge in [-0.1, -0.05) is 0 Å². The molecule has 3 rings (SSSR count). The highest BCUT2D eigenvalue weighted by Crippen LogP contribution is 2.19. The van der Waals surface area contributed by atoms with E-state index in [-0.39, 0.29) is 5.97 Å². The van der Waals surface area contributed by atoms with Crippen molar-refractivity contribution in [3.05, 3.63) is 48.3 Å². The van der Waals surface area contributed by atoms with Crippen LogP contribution >= 0.6 is 0 Å². The van der Waals surface area contributed by atoms with E-state index in [4.69, 9.17) is 9.47 Å². The lowest BCUT2D eigenvalue weighted by molar-refractivity contribution is 0.0371. The number of aromatic nitrogens is 2. The van der Waals surface area contributed by atoms with E-state index < -0.39 is 0 Å². The van der Waals surface area contributed by atoms with Gasteiger partial charge in [0.2, 0.25) is 5.95 Å². The first-order valence-electron chi connectivity index (χ1n) is 8.20. The van der Waals surface area contributed by atoms with E-state index in [2.05, 4.69) is 15.3 Å². The van der Waals surface area contributed by atoms with Gasteiger partial charge in [0.05, 0.1) is 12.2 Å². The van der Waals surface area contributed by atoms with Crippen LogP contribution in [0.25, 0.3) is 0 Å². The summed E-state index contributed by atoms with van der Waals surface area (Å²) >= 11 is 0. The zero-order chi connectivity index (χ0) is 16.6. The Labute approximate surface area is 141 Å². The molecule has 0 unspecified atom stereocenters. The molecule has 0 saturated carbocycles. The number of carbonyl (C=O) groups is 1. The number of nitrogens with zero attached hydrogens (tertiary/aromatic N) is 2. The number of ether oxygens (including phenoxy) is 2. The third kappa shape index (κ3) is 4.76. The van der Waals surface area contributed by atoms with E-state index in [1.807, 2.05) is 12.1 Å². The molecule has 0 atom stereocenters. The third-order valence-corrected chi connectivity index (χ3v) is 4.04. The molecule has 0 spiro atoms. The second-order valence-corrected chi connectivity index (χ2v) is 5.76. The molecule has 1 saturated heterocycles. The Kier molecular flexibility index (Phi) is 5.74. The van der Waals surface area contributed by atoms with E-state index in [9.17, 15) is 4.79 Å². The van der Waals surface area contributed by atoms with Crippen LogP contribution in [0, 0.1) is 5.92 Å². The van der Waals surface area contributed by atoms with Crippen LogP contribution in [-0.4, -0.2) is 35.8 Å². The SMILES string of the molecule is O=C(OCCC1CCOCC1)c1ccc(Nc2ncccn2)cc1. The highest BCUT2D eigenvalue weighted by molar-refractivity contribution is 5.89. The fraction of sp³-hybridized carbons (Fsp3) is 0.389. The number of rotatable bonds is 6. The molecule has 1 aliphatic rings. The van der Waals surface area contributed by atoms with Crippen LogP contribution in [0.4, 0.5) is 11.6 Å². The number of nitrogens with one attached hydrogen (secondary N) is 1. The molecule has 24 heavy (non-hydrogen) atoms. The molecule has 0 amide bonds. The number of anilines is 2. The fourth-order valence-corrected chi connectivity index (χ4v) is 2.62. The first-order valence-corrected chi connectivity index (χ1v) is 8.20. The molecule has 2 aromatic rings. The van der Waals surface area contributed by atoms with Crippen LogP contribution in [0.5, 0.6) is 0 Å². The number of benzene rings is 1. The van der Waals surface area contributed by atoms with E-state index in [0.29, 0.717) is 24.0 Å². The average Bonchev–Trinajstić information content (AvgIpc) is 2.64. The number of hydrogen-bond acceptors (Lipinski definition) is 6. The number of hydrogen-bond donors (Lipinski definition) is 1. The van der Waals surface area contributed by atoms with Gasteiger partial charge < -0.3 is 14.8 Å². The molecule has 126 valence electrons. The van der Waals surface area contributed by atoms with Crippen LogP contribution in [-0.2, 0) is 9.47 Å². The van der Waals surface area contributed by atoms with Crippen molar-refractivity contribution in [3.63, 3.8) is 0 Å². The summed E-state index contributed by atoms with van der Waals surface area (Å²) in [7, 11) is 0. The van der Waals surface area contributed by atoms with Crippen LogP contribution in [0.3, 0.4) is 0 Å². The molecule has 1 aliphatic heterocycles. The normalized spacial score (nSPS) is 15.0. The smallest absolute Gasteiger partial charge is 0.338 e. The van der Waals surface area contributed by atoms with Crippen LogP contribution in [0.15, 0.2) is 42.7 Å². The first kappa shape index (κ1) is 16.4. The molecule has 0 aliphatic carbocycles. The Morgan fingerprint density at radius 1 is 1.17 bits per heavy atom. The van der Waals surface area contributed by atoms with Gasteiger partial charge in [-0.3, -0.25) is 0 Å². The number of esters is 1. The van der Waals surface area contributed by atoms with Gasteiger partial charge in [-0.15, -0.1) is 0 Å². The Morgan fingerprint density at radius 3 is 2.58 bits per heavy atom. The zero-order valence-corrected chi connectivity index (χ0v) is 13.5. The molecule has 1 aromatic carbocycles. The summed E-state index contributed by atoms with van der Waals surface area (Å²) in [6, 6.07) is 8.85. The Morgan fingerprint density at radius 2 is 1.88 bits per heavy atom. The van der Waals surface area contributed by atoms with Crippen LogP contribution < -0.4 is 5.32 Å². The molecule has 1 aromatic heterocycles. The van der Waals surface area contributed by atoms with Gasteiger partial charge in [-0.2, -0.15) is 0 Å². The first-order chi connectivity index (χ1) is 11.8. The summed E-state index contributed by atoms with van der Waals surface area (Å²) in [4.78, 5) is 20.3. The largest absolute Gasteiger partial charge is 0.462 e. The summed E-state index contributed by atoms with van der Waals surface area (Å²) in [5.74, 6) is 0.831.